The van der Waals surface area contributed by atoms with Gasteiger partial charge in [0.1, 0.15) is 23.5 Å². The van der Waals surface area contributed by atoms with Crippen molar-refractivity contribution in [2.75, 3.05) is 0 Å². The third-order valence-corrected chi connectivity index (χ3v) is 6.00. The number of likely N-dealkylation sites (tertiary alicyclic amines) is 1. The molecule has 2 heterocycles. The van der Waals surface area contributed by atoms with Crippen molar-refractivity contribution < 1.29 is 18.7 Å². The van der Waals surface area contributed by atoms with Crippen LogP contribution in [0.2, 0.25) is 0 Å². The van der Waals surface area contributed by atoms with E-state index in [-0.39, 0.29) is 23.6 Å². The van der Waals surface area contributed by atoms with Crippen molar-refractivity contribution in [1.29, 1.82) is 5.26 Å². The molecule has 8 nitrogen and oxygen atoms in total. The van der Waals surface area contributed by atoms with Crippen molar-refractivity contribution in [3.8, 4) is 17.3 Å². The largest absolute Gasteiger partial charge is 0.444 e. The highest BCUT2D eigenvalue weighted by atomic mass is 19.1. The quantitative estimate of drug-likeness (QED) is 0.639. The number of carbonyl (C=O) groups is 2. The molecule has 1 aromatic heterocycles. The van der Waals surface area contributed by atoms with Crippen molar-refractivity contribution in [1.82, 2.24) is 15.2 Å². The molecule has 0 radical (unpaired) electrons. The molecule has 2 aliphatic rings. The summed E-state index contributed by atoms with van der Waals surface area (Å²) < 4.78 is 20.1. The van der Waals surface area contributed by atoms with Crippen LogP contribution in [-0.4, -0.2) is 45.6 Å². The first-order chi connectivity index (χ1) is 16.6. The molecule has 35 heavy (non-hydrogen) atoms. The number of hydrogen-bond acceptors (Lipinski definition) is 5. The molecule has 4 rings (SSSR count). The number of amides is 2. The van der Waals surface area contributed by atoms with Gasteiger partial charge in [0.25, 0.3) is 0 Å². The molecular weight excluding hydrogens is 451 g/mol. The number of ether oxygens (including phenoxy) is 1. The van der Waals surface area contributed by atoms with E-state index in [4.69, 9.17) is 4.74 Å². The van der Waals surface area contributed by atoms with Gasteiger partial charge < -0.3 is 15.0 Å². The van der Waals surface area contributed by atoms with Crippen LogP contribution in [0.1, 0.15) is 39.2 Å². The standard InChI is InChI=1S/C26H27FN4O4/c1-26(2,3)35-25(34)31-19-9-7-16(13-19)23(31)24(33)29-18(14-28)12-17-11-15(8-10-20(17)27)21-5-4-6-22(32)30-21/h4-6,8,10-11,13,18-19,23H,7,9,12H2,1-3H3,(H,29,33)(H,30,32). The van der Waals surface area contributed by atoms with Crippen LogP contribution in [0.25, 0.3) is 11.3 Å². The second kappa shape index (κ2) is 9.37. The zero-order valence-electron chi connectivity index (χ0n) is 19.8. The zero-order valence-corrected chi connectivity index (χ0v) is 19.8. The molecule has 3 atom stereocenters. The van der Waals surface area contributed by atoms with Crippen LogP contribution in [0, 0.1) is 17.1 Å². The van der Waals surface area contributed by atoms with E-state index >= 15 is 0 Å². The van der Waals surface area contributed by atoms with Gasteiger partial charge in [0, 0.05) is 18.2 Å². The number of nitrogens with one attached hydrogen (secondary N) is 2. The van der Waals surface area contributed by atoms with Gasteiger partial charge in [0.2, 0.25) is 11.5 Å². The number of piperidine rings is 1. The number of carbonyl (C=O) groups excluding carboxylic acids is 2. The molecule has 2 aromatic rings. The summed E-state index contributed by atoms with van der Waals surface area (Å²) in [7, 11) is 0. The normalized spacial score (nSPS) is 19.6. The number of aromatic nitrogens is 1. The molecule has 1 aliphatic carbocycles. The summed E-state index contributed by atoms with van der Waals surface area (Å²) in [5.41, 5.74) is 1.12. The van der Waals surface area contributed by atoms with E-state index in [0.717, 1.165) is 12.0 Å². The number of nitrogens with zero attached hydrogens (tertiary/aromatic N) is 2. The lowest BCUT2D eigenvalue weighted by Crippen LogP contribution is -2.55. The molecule has 3 unspecified atom stereocenters. The number of H-pyrrole nitrogens is 1. The second-order valence-corrected chi connectivity index (χ2v) is 9.77. The van der Waals surface area contributed by atoms with Crippen molar-refractivity contribution in [2.45, 2.75) is 63.8 Å². The monoisotopic (exact) mass is 478 g/mol. The van der Waals surface area contributed by atoms with Crippen molar-refractivity contribution >= 4 is 12.0 Å². The first kappa shape index (κ1) is 24.2. The minimum absolute atomic E-state index is 0.0827. The molecule has 9 heteroatoms. The van der Waals surface area contributed by atoms with Gasteiger partial charge in [0.05, 0.1) is 12.1 Å². The summed E-state index contributed by atoms with van der Waals surface area (Å²) in [6.45, 7) is 5.26. The van der Waals surface area contributed by atoms with Crippen LogP contribution in [0.3, 0.4) is 0 Å². The molecule has 182 valence electrons. The maximum Gasteiger partial charge on any atom is 0.411 e. The number of hydrogen-bond donors (Lipinski definition) is 2. The summed E-state index contributed by atoms with van der Waals surface area (Å²) in [6, 6.07) is 8.91. The fourth-order valence-corrected chi connectivity index (χ4v) is 4.51. The lowest BCUT2D eigenvalue weighted by atomic mass is 9.99. The van der Waals surface area contributed by atoms with E-state index in [2.05, 4.69) is 10.3 Å². The molecule has 0 fully saturated rings. The molecule has 0 saturated heterocycles. The fraction of sp³-hybridized carbons (Fsp3) is 0.385. The van der Waals surface area contributed by atoms with Crippen LogP contribution in [-0.2, 0) is 16.0 Å². The van der Waals surface area contributed by atoms with E-state index in [0.29, 0.717) is 17.7 Å². The van der Waals surface area contributed by atoms with Gasteiger partial charge in [0.15, 0.2) is 0 Å². The number of benzene rings is 1. The molecular formula is C26H27FN4O4. The Morgan fingerprint density at radius 1 is 1.31 bits per heavy atom. The Balaban J connectivity index is 1.51. The summed E-state index contributed by atoms with van der Waals surface area (Å²) in [6.07, 6.45) is 2.64. The average Bonchev–Trinajstić information content (AvgIpc) is 3.40. The minimum atomic E-state index is -1.03. The average molecular weight is 479 g/mol. The number of fused-ring (bicyclic) bond motifs is 1. The summed E-state index contributed by atoms with van der Waals surface area (Å²) in [5, 5.41) is 12.4. The molecule has 1 aliphatic heterocycles. The molecule has 2 N–H and O–H groups in total. The predicted molar refractivity (Wildman–Crippen MR) is 127 cm³/mol. The highest BCUT2D eigenvalue weighted by Gasteiger charge is 2.47. The Morgan fingerprint density at radius 2 is 2.09 bits per heavy atom. The van der Waals surface area contributed by atoms with Crippen LogP contribution < -0.4 is 10.9 Å². The number of nitriles is 1. The van der Waals surface area contributed by atoms with Gasteiger partial charge >= 0.3 is 6.09 Å². The highest BCUT2D eigenvalue weighted by Crippen LogP contribution is 2.38. The summed E-state index contributed by atoms with van der Waals surface area (Å²) in [5.74, 6) is -1.03. The summed E-state index contributed by atoms with van der Waals surface area (Å²) >= 11 is 0. The van der Waals surface area contributed by atoms with Gasteiger partial charge in [-0.2, -0.15) is 5.26 Å². The number of halogens is 1. The zero-order chi connectivity index (χ0) is 25.3. The van der Waals surface area contributed by atoms with Crippen LogP contribution in [0.4, 0.5) is 9.18 Å². The molecule has 2 bridgehead atoms. The molecule has 1 aromatic carbocycles. The Kier molecular flexibility index (Phi) is 6.48. The Morgan fingerprint density at radius 3 is 2.77 bits per heavy atom. The van der Waals surface area contributed by atoms with E-state index in [1.807, 2.05) is 12.1 Å². The lowest BCUT2D eigenvalue weighted by molar-refractivity contribution is -0.126. The number of aromatic amines is 1. The van der Waals surface area contributed by atoms with Crippen molar-refractivity contribution in [3.63, 3.8) is 0 Å². The first-order valence-electron chi connectivity index (χ1n) is 11.5. The molecule has 0 saturated carbocycles. The van der Waals surface area contributed by atoms with Gasteiger partial charge in [-0.3, -0.25) is 14.5 Å². The van der Waals surface area contributed by atoms with Gasteiger partial charge in [-0.05, 0) is 74.6 Å². The van der Waals surface area contributed by atoms with Crippen molar-refractivity contribution in [3.05, 3.63) is 69.8 Å². The van der Waals surface area contributed by atoms with Crippen LogP contribution in [0.5, 0.6) is 0 Å². The third kappa shape index (κ3) is 5.27. The Labute approximate surface area is 202 Å². The molecule has 2 amide bonds. The maximum atomic E-state index is 14.6. The smallest absolute Gasteiger partial charge is 0.411 e. The predicted octanol–water partition coefficient (Wildman–Crippen LogP) is 3.44. The lowest BCUT2D eigenvalue weighted by Gasteiger charge is -2.36. The Hall–Kier alpha value is -3.93. The summed E-state index contributed by atoms with van der Waals surface area (Å²) in [4.78, 5) is 41.7. The SMILES string of the molecule is CC(C)(C)OC(=O)N1C2C=C(CC2)C1C(=O)NC(C#N)Cc1cc(-c2cccc(=O)[nH]2)ccc1F. The number of rotatable bonds is 5. The van der Waals surface area contributed by atoms with Gasteiger partial charge in [-0.15, -0.1) is 0 Å². The second-order valence-electron chi connectivity index (χ2n) is 9.77. The first-order valence-corrected chi connectivity index (χ1v) is 11.5. The molecule has 0 spiro atoms. The van der Waals surface area contributed by atoms with Gasteiger partial charge in [-0.1, -0.05) is 12.1 Å². The van der Waals surface area contributed by atoms with Crippen LogP contribution >= 0.6 is 0 Å². The fourth-order valence-electron chi connectivity index (χ4n) is 4.51. The van der Waals surface area contributed by atoms with Crippen molar-refractivity contribution in [2.24, 2.45) is 0 Å². The topological polar surface area (TPSA) is 115 Å². The maximum absolute atomic E-state index is 14.6. The van der Waals surface area contributed by atoms with Crippen LogP contribution in [0.15, 0.2) is 52.8 Å². The Bertz CT molecular complexity index is 1290. The van der Waals surface area contributed by atoms with E-state index < -0.39 is 35.5 Å². The third-order valence-electron chi connectivity index (χ3n) is 6.00. The number of pyridine rings is 1. The van der Waals surface area contributed by atoms with E-state index in [9.17, 15) is 24.0 Å². The minimum Gasteiger partial charge on any atom is -0.444 e. The van der Waals surface area contributed by atoms with E-state index in [1.165, 1.54) is 23.1 Å². The van der Waals surface area contributed by atoms with E-state index in [1.54, 1.807) is 39.0 Å². The van der Waals surface area contributed by atoms with Gasteiger partial charge in [-0.25, -0.2) is 9.18 Å². The highest BCUT2D eigenvalue weighted by molar-refractivity contribution is 5.91.